The normalized spacial score (nSPS) is 20.8. The Hall–Kier alpha value is -3.35. The van der Waals surface area contributed by atoms with Crippen LogP contribution in [0.4, 0.5) is 16.2 Å². The summed E-state index contributed by atoms with van der Waals surface area (Å²) in [5, 5.41) is 5.66. The number of carbonyl (C=O) groups excluding carboxylic acids is 3. The van der Waals surface area contributed by atoms with Crippen LogP contribution < -0.4 is 15.5 Å². The molecular weight excluding hydrogens is 392 g/mol. The van der Waals surface area contributed by atoms with Gasteiger partial charge in [-0.2, -0.15) is 0 Å². The monoisotopic (exact) mass is 420 g/mol. The van der Waals surface area contributed by atoms with Crippen molar-refractivity contribution in [3.05, 3.63) is 60.2 Å². The van der Waals surface area contributed by atoms with Gasteiger partial charge in [-0.15, -0.1) is 0 Å². The fourth-order valence-corrected chi connectivity index (χ4v) is 4.25. The molecule has 162 valence electrons. The lowest BCUT2D eigenvalue weighted by atomic mass is 9.93. The number of aryl methyl sites for hydroxylation is 1. The van der Waals surface area contributed by atoms with Crippen LogP contribution in [0.25, 0.3) is 0 Å². The van der Waals surface area contributed by atoms with Gasteiger partial charge < -0.3 is 15.5 Å². The molecule has 0 radical (unpaired) electrons. The largest absolute Gasteiger partial charge is 0.370 e. The Morgan fingerprint density at radius 3 is 2.45 bits per heavy atom. The summed E-state index contributed by atoms with van der Waals surface area (Å²) < 4.78 is 0. The van der Waals surface area contributed by atoms with E-state index >= 15 is 0 Å². The Morgan fingerprint density at radius 1 is 1.03 bits per heavy atom. The highest BCUT2D eigenvalue weighted by atomic mass is 16.2. The van der Waals surface area contributed by atoms with Crippen molar-refractivity contribution in [2.75, 3.05) is 29.9 Å². The summed E-state index contributed by atoms with van der Waals surface area (Å²) in [7, 11) is 0. The molecule has 0 spiro atoms. The molecule has 1 atom stereocenters. The molecule has 2 aromatic carbocycles. The highest BCUT2D eigenvalue weighted by Gasteiger charge is 2.47. The molecule has 4 rings (SSSR count). The third kappa shape index (κ3) is 4.55. The predicted molar refractivity (Wildman–Crippen MR) is 120 cm³/mol. The Balaban J connectivity index is 1.39. The van der Waals surface area contributed by atoms with Crippen molar-refractivity contribution in [3.63, 3.8) is 0 Å². The number of anilines is 2. The zero-order valence-corrected chi connectivity index (χ0v) is 17.8. The smallest absolute Gasteiger partial charge is 0.325 e. The molecule has 7 nitrogen and oxygen atoms in total. The van der Waals surface area contributed by atoms with E-state index in [1.54, 1.807) is 6.92 Å². The molecule has 0 saturated carbocycles. The highest BCUT2D eigenvalue weighted by Crippen LogP contribution is 2.29. The van der Waals surface area contributed by atoms with Crippen LogP contribution in [0.3, 0.4) is 0 Å². The summed E-state index contributed by atoms with van der Waals surface area (Å²) in [5.41, 5.74) is 1.76. The Bertz CT molecular complexity index is 972. The first-order chi connectivity index (χ1) is 15.0. The topological polar surface area (TPSA) is 81.8 Å². The second-order valence-electron chi connectivity index (χ2n) is 8.40. The quantitative estimate of drug-likeness (QED) is 0.674. The van der Waals surface area contributed by atoms with Crippen molar-refractivity contribution in [3.8, 4) is 0 Å². The molecule has 2 aromatic rings. The standard InChI is InChI=1S/C24H28N4O3/c1-24(14-13-18-9-3-2-4-10-18)22(30)28(23(31)26-24)17-21(29)25-19-11-5-6-12-20(19)27-15-7-8-16-27/h2-6,9-12H,7-8,13-17H2,1H3,(H,25,29)(H,26,31)/t24-/m1/s1. The van der Waals surface area contributed by atoms with Gasteiger partial charge in [0.15, 0.2) is 0 Å². The lowest BCUT2D eigenvalue weighted by Gasteiger charge is -2.23. The molecule has 2 N–H and O–H groups in total. The van der Waals surface area contributed by atoms with Gasteiger partial charge in [0, 0.05) is 13.1 Å². The van der Waals surface area contributed by atoms with E-state index in [1.807, 2.05) is 54.6 Å². The van der Waals surface area contributed by atoms with Gasteiger partial charge in [0.05, 0.1) is 11.4 Å². The van der Waals surface area contributed by atoms with Gasteiger partial charge in [-0.3, -0.25) is 14.5 Å². The van der Waals surface area contributed by atoms with Crippen LogP contribution in [-0.4, -0.2) is 47.9 Å². The fraction of sp³-hybridized carbons (Fsp3) is 0.375. The maximum atomic E-state index is 13.0. The first-order valence-corrected chi connectivity index (χ1v) is 10.8. The summed E-state index contributed by atoms with van der Waals surface area (Å²) in [5.74, 6) is -0.751. The third-order valence-electron chi connectivity index (χ3n) is 6.03. The van der Waals surface area contributed by atoms with E-state index in [0.29, 0.717) is 18.5 Å². The second-order valence-corrected chi connectivity index (χ2v) is 8.40. The van der Waals surface area contributed by atoms with Crippen LogP contribution in [-0.2, 0) is 16.0 Å². The number of urea groups is 1. The van der Waals surface area contributed by atoms with Crippen molar-refractivity contribution in [2.24, 2.45) is 0 Å². The van der Waals surface area contributed by atoms with Crippen molar-refractivity contribution >= 4 is 29.2 Å². The summed E-state index contributed by atoms with van der Waals surface area (Å²) in [6.45, 7) is 3.33. The number of nitrogens with one attached hydrogen (secondary N) is 2. The summed E-state index contributed by atoms with van der Waals surface area (Å²) in [6, 6.07) is 16.9. The molecule has 2 fully saturated rings. The molecule has 2 aliphatic heterocycles. The molecule has 7 heteroatoms. The van der Waals surface area contributed by atoms with Gasteiger partial charge in [0.2, 0.25) is 5.91 Å². The van der Waals surface area contributed by atoms with E-state index in [1.165, 1.54) is 0 Å². The Labute approximate surface area is 182 Å². The number of benzene rings is 2. The van der Waals surface area contributed by atoms with Gasteiger partial charge in [0.1, 0.15) is 12.1 Å². The second kappa shape index (κ2) is 8.79. The van der Waals surface area contributed by atoms with E-state index in [-0.39, 0.29) is 18.4 Å². The van der Waals surface area contributed by atoms with Crippen molar-refractivity contribution in [1.82, 2.24) is 10.2 Å². The van der Waals surface area contributed by atoms with E-state index in [4.69, 9.17) is 0 Å². The summed E-state index contributed by atoms with van der Waals surface area (Å²) in [4.78, 5) is 41.4. The average molecular weight is 421 g/mol. The Morgan fingerprint density at radius 2 is 1.71 bits per heavy atom. The minimum Gasteiger partial charge on any atom is -0.370 e. The van der Waals surface area contributed by atoms with E-state index in [0.717, 1.165) is 42.1 Å². The predicted octanol–water partition coefficient (Wildman–Crippen LogP) is 3.17. The molecule has 0 aliphatic carbocycles. The molecule has 2 aliphatic rings. The zero-order chi connectivity index (χ0) is 21.8. The van der Waals surface area contributed by atoms with Gasteiger partial charge in [0.25, 0.3) is 5.91 Å². The van der Waals surface area contributed by atoms with Crippen LogP contribution in [0.15, 0.2) is 54.6 Å². The van der Waals surface area contributed by atoms with Crippen molar-refractivity contribution in [1.29, 1.82) is 0 Å². The molecule has 2 saturated heterocycles. The lowest BCUT2D eigenvalue weighted by molar-refractivity contribution is -0.133. The van der Waals surface area contributed by atoms with Gasteiger partial charge >= 0.3 is 6.03 Å². The number of imide groups is 1. The number of carbonyl (C=O) groups is 3. The number of hydrogen-bond donors (Lipinski definition) is 2. The van der Waals surface area contributed by atoms with Crippen LogP contribution >= 0.6 is 0 Å². The van der Waals surface area contributed by atoms with Crippen LogP contribution in [0, 0.1) is 0 Å². The molecular formula is C24H28N4O3. The van der Waals surface area contributed by atoms with Crippen molar-refractivity contribution in [2.45, 2.75) is 38.1 Å². The fourth-order valence-electron chi connectivity index (χ4n) is 4.25. The number of rotatable bonds is 7. The number of amides is 4. The van der Waals surface area contributed by atoms with Crippen LogP contribution in [0.5, 0.6) is 0 Å². The van der Waals surface area contributed by atoms with E-state index in [9.17, 15) is 14.4 Å². The minimum absolute atomic E-state index is 0.306. The van der Waals surface area contributed by atoms with E-state index < -0.39 is 11.6 Å². The lowest BCUT2D eigenvalue weighted by Crippen LogP contribution is -2.45. The van der Waals surface area contributed by atoms with Crippen LogP contribution in [0.2, 0.25) is 0 Å². The van der Waals surface area contributed by atoms with Gasteiger partial charge in [-0.05, 0) is 50.3 Å². The number of hydrogen-bond acceptors (Lipinski definition) is 4. The molecule has 0 unspecified atom stereocenters. The molecule has 0 aromatic heterocycles. The number of para-hydroxylation sites is 2. The minimum atomic E-state index is -1.01. The molecule has 0 bridgehead atoms. The third-order valence-corrected chi connectivity index (χ3v) is 6.03. The Kier molecular flexibility index (Phi) is 5.93. The maximum Gasteiger partial charge on any atom is 0.325 e. The maximum absolute atomic E-state index is 13.0. The molecule has 2 heterocycles. The molecule has 31 heavy (non-hydrogen) atoms. The zero-order valence-electron chi connectivity index (χ0n) is 17.8. The van der Waals surface area contributed by atoms with E-state index in [2.05, 4.69) is 15.5 Å². The summed E-state index contributed by atoms with van der Waals surface area (Å²) >= 11 is 0. The van der Waals surface area contributed by atoms with Crippen LogP contribution in [0.1, 0.15) is 31.7 Å². The molecule has 4 amide bonds. The van der Waals surface area contributed by atoms with Crippen molar-refractivity contribution < 1.29 is 14.4 Å². The first kappa shape index (κ1) is 20.9. The van der Waals surface area contributed by atoms with Gasteiger partial charge in [-0.1, -0.05) is 42.5 Å². The first-order valence-electron chi connectivity index (χ1n) is 10.8. The number of nitrogens with zero attached hydrogens (tertiary/aromatic N) is 2. The summed E-state index contributed by atoms with van der Waals surface area (Å²) in [6.07, 6.45) is 3.39. The van der Waals surface area contributed by atoms with Gasteiger partial charge in [-0.25, -0.2) is 4.79 Å². The SMILES string of the molecule is C[C@]1(CCc2ccccc2)NC(=O)N(CC(=O)Nc2ccccc2N2CCCC2)C1=O. The highest BCUT2D eigenvalue weighted by molar-refractivity contribution is 6.10. The average Bonchev–Trinajstić information content (AvgIpc) is 3.37.